The predicted molar refractivity (Wildman–Crippen MR) is 83.3 cm³/mol. The summed E-state index contributed by atoms with van der Waals surface area (Å²) in [4.78, 5) is 13.3. The van der Waals surface area contributed by atoms with Gasteiger partial charge in [0.1, 0.15) is 17.5 Å². The Kier molecular flexibility index (Phi) is 5.58. The minimum absolute atomic E-state index is 0.00646. The number of carbonyl (C=O) groups excluding carboxylic acids is 1. The lowest BCUT2D eigenvalue weighted by Crippen LogP contribution is -2.36. The Morgan fingerprint density at radius 2 is 1.52 bits per heavy atom. The maximum atomic E-state index is 12.9. The first-order valence-corrected chi connectivity index (χ1v) is 8.09. The van der Waals surface area contributed by atoms with Crippen LogP contribution < -0.4 is 4.74 Å². The molecular weight excluding hydrogens is 380 g/mol. The molecule has 27 heavy (non-hydrogen) atoms. The summed E-state index contributed by atoms with van der Waals surface area (Å²) < 4.78 is 87.8. The summed E-state index contributed by atoms with van der Waals surface area (Å²) in [5.41, 5.74) is -3.62. The number of amides is 1. The fourth-order valence-corrected chi connectivity index (χ4v) is 2.50. The van der Waals surface area contributed by atoms with E-state index in [0.717, 1.165) is 0 Å². The van der Waals surface area contributed by atoms with E-state index in [2.05, 4.69) is 0 Å². The second kappa shape index (κ2) is 7.12. The van der Waals surface area contributed by atoms with Gasteiger partial charge in [-0.05, 0) is 39.0 Å². The molecule has 0 aromatic heterocycles. The van der Waals surface area contributed by atoms with Gasteiger partial charge in [-0.25, -0.2) is 4.79 Å². The van der Waals surface area contributed by atoms with Crippen LogP contribution in [0, 0.1) is 0 Å². The van der Waals surface area contributed by atoms with Crippen LogP contribution in [0.3, 0.4) is 0 Å². The first kappa shape index (κ1) is 21.2. The molecule has 0 N–H and O–H groups in total. The van der Waals surface area contributed by atoms with E-state index in [1.807, 2.05) is 0 Å². The first-order valence-electron chi connectivity index (χ1n) is 8.09. The molecule has 152 valence electrons. The predicted octanol–water partition coefficient (Wildman–Crippen LogP) is 5.11. The SMILES string of the molecule is CC(C)(C)OC(=O)N1CCC(Oc2cc(C(F)(F)F)cc(C(F)(F)F)c2)C1. The van der Waals surface area contributed by atoms with Gasteiger partial charge in [0.2, 0.25) is 0 Å². The molecule has 1 aliphatic rings. The van der Waals surface area contributed by atoms with Crippen LogP contribution in [0.2, 0.25) is 0 Å². The maximum Gasteiger partial charge on any atom is 0.416 e. The van der Waals surface area contributed by atoms with E-state index >= 15 is 0 Å². The third-order valence-corrected chi connectivity index (χ3v) is 3.66. The summed E-state index contributed by atoms with van der Waals surface area (Å²) >= 11 is 0. The lowest BCUT2D eigenvalue weighted by Gasteiger charge is -2.24. The summed E-state index contributed by atoms with van der Waals surface area (Å²) in [5, 5.41) is 0. The molecule has 0 saturated carbocycles. The molecule has 1 atom stereocenters. The average Bonchev–Trinajstić information content (AvgIpc) is 2.92. The lowest BCUT2D eigenvalue weighted by atomic mass is 10.1. The second-order valence-electron chi connectivity index (χ2n) is 7.20. The highest BCUT2D eigenvalue weighted by atomic mass is 19.4. The van der Waals surface area contributed by atoms with Gasteiger partial charge < -0.3 is 14.4 Å². The van der Waals surface area contributed by atoms with Gasteiger partial charge in [-0.1, -0.05) is 0 Å². The largest absolute Gasteiger partial charge is 0.488 e. The molecular formula is C17H19F6NO3. The molecule has 1 aliphatic heterocycles. The van der Waals surface area contributed by atoms with Gasteiger partial charge in [-0.2, -0.15) is 26.3 Å². The fraction of sp³-hybridized carbons (Fsp3) is 0.588. The summed E-state index contributed by atoms with van der Waals surface area (Å²) in [7, 11) is 0. The van der Waals surface area contributed by atoms with E-state index in [1.165, 1.54) is 4.90 Å². The fourth-order valence-electron chi connectivity index (χ4n) is 2.50. The van der Waals surface area contributed by atoms with E-state index < -0.39 is 47.0 Å². The van der Waals surface area contributed by atoms with E-state index in [0.29, 0.717) is 12.1 Å². The number of rotatable bonds is 2. The lowest BCUT2D eigenvalue weighted by molar-refractivity contribution is -0.143. The van der Waals surface area contributed by atoms with Crippen LogP contribution in [0.5, 0.6) is 5.75 Å². The Bertz CT molecular complexity index is 661. The van der Waals surface area contributed by atoms with E-state index in [4.69, 9.17) is 9.47 Å². The van der Waals surface area contributed by atoms with Crippen LogP contribution >= 0.6 is 0 Å². The van der Waals surface area contributed by atoms with Crippen molar-refractivity contribution in [1.29, 1.82) is 0 Å². The van der Waals surface area contributed by atoms with Gasteiger partial charge >= 0.3 is 18.4 Å². The first-order chi connectivity index (χ1) is 12.1. The molecule has 0 radical (unpaired) electrons. The number of nitrogens with zero attached hydrogens (tertiary/aromatic N) is 1. The van der Waals surface area contributed by atoms with Crippen LogP contribution in [0.25, 0.3) is 0 Å². The van der Waals surface area contributed by atoms with E-state index in [-0.39, 0.29) is 25.6 Å². The molecule has 1 aromatic carbocycles. The normalized spacial score (nSPS) is 18.6. The molecule has 0 bridgehead atoms. The Morgan fingerprint density at radius 1 is 1.00 bits per heavy atom. The molecule has 1 saturated heterocycles. The number of benzene rings is 1. The standard InChI is InChI=1S/C17H19F6NO3/c1-15(2,3)27-14(25)24-5-4-12(9-24)26-13-7-10(16(18,19)20)6-11(8-13)17(21,22)23/h6-8,12H,4-5,9H2,1-3H3. The molecule has 4 nitrogen and oxygen atoms in total. The molecule has 1 fully saturated rings. The number of likely N-dealkylation sites (tertiary alicyclic amines) is 1. The van der Waals surface area contributed by atoms with Crippen LogP contribution in [-0.2, 0) is 17.1 Å². The maximum absolute atomic E-state index is 12.9. The van der Waals surface area contributed by atoms with Gasteiger partial charge in [-0.15, -0.1) is 0 Å². The third-order valence-electron chi connectivity index (χ3n) is 3.66. The Hall–Kier alpha value is -2.13. The number of hydrogen-bond donors (Lipinski definition) is 0. The highest BCUT2D eigenvalue weighted by Gasteiger charge is 2.38. The molecule has 0 spiro atoms. The Balaban J connectivity index is 2.15. The molecule has 1 amide bonds. The number of halogens is 6. The van der Waals surface area contributed by atoms with E-state index in [1.54, 1.807) is 20.8 Å². The third kappa shape index (κ3) is 5.93. The zero-order valence-electron chi connectivity index (χ0n) is 14.9. The number of alkyl halides is 6. The minimum Gasteiger partial charge on any atom is -0.488 e. The number of ether oxygens (including phenoxy) is 2. The summed E-state index contributed by atoms with van der Waals surface area (Å²) in [6.45, 7) is 5.26. The van der Waals surface area contributed by atoms with Crippen molar-refractivity contribution in [2.24, 2.45) is 0 Å². The summed E-state index contributed by atoms with van der Waals surface area (Å²) in [6.07, 6.45) is -11.0. The van der Waals surface area contributed by atoms with Crippen LogP contribution in [-0.4, -0.2) is 35.8 Å². The van der Waals surface area contributed by atoms with Crippen molar-refractivity contribution in [2.75, 3.05) is 13.1 Å². The topological polar surface area (TPSA) is 38.8 Å². The quantitative estimate of drug-likeness (QED) is 0.649. The van der Waals surface area contributed by atoms with Crippen molar-refractivity contribution >= 4 is 6.09 Å². The Labute approximate surface area is 152 Å². The van der Waals surface area contributed by atoms with E-state index in [9.17, 15) is 31.1 Å². The Morgan fingerprint density at radius 3 is 1.96 bits per heavy atom. The van der Waals surface area contributed by atoms with Crippen LogP contribution in [0.15, 0.2) is 18.2 Å². The van der Waals surface area contributed by atoms with Gasteiger partial charge in [0.05, 0.1) is 17.7 Å². The molecule has 10 heteroatoms. The highest BCUT2D eigenvalue weighted by molar-refractivity contribution is 5.68. The van der Waals surface area contributed by atoms with Gasteiger partial charge in [0.15, 0.2) is 0 Å². The molecule has 2 rings (SSSR count). The van der Waals surface area contributed by atoms with Crippen molar-refractivity contribution in [2.45, 2.75) is 51.2 Å². The van der Waals surface area contributed by atoms with Crippen molar-refractivity contribution in [3.05, 3.63) is 29.3 Å². The minimum atomic E-state index is -4.95. The zero-order chi connectivity index (χ0) is 20.6. The van der Waals surface area contributed by atoms with Gasteiger partial charge in [0.25, 0.3) is 0 Å². The van der Waals surface area contributed by atoms with Crippen molar-refractivity contribution in [3.63, 3.8) is 0 Å². The van der Waals surface area contributed by atoms with Crippen LogP contribution in [0.4, 0.5) is 31.1 Å². The van der Waals surface area contributed by atoms with Gasteiger partial charge in [0, 0.05) is 13.0 Å². The molecule has 1 unspecified atom stereocenters. The van der Waals surface area contributed by atoms with Crippen molar-refractivity contribution in [1.82, 2.24) is 4.90 Å². The van der Waals surface area contributed by atoms with Crippen LogP contribution in [0.1, 0.15) is 38.3 Å². The molecule has 1 aromatic rings. The number of hydrogen-bond acceptors (Lipinski definition) is 3. The van der Waals surface area contributed by atoms with Crippen molar-refractivity contribution in [3.8, 4) is 5.75 Å². The average molecular weight is 399 g/mol. The number of carbonyl (C=O) groups is 1. The smallest absolute Gasteiger partial charge is 0.416 e. The second-order valence-corrected chi connectivity index (χ2v) is 7.20. The summed E-state index contributed by atoms with van der Waals surface area (Å²) in [6, 6.07) is 1.07. The van der Waals surface area contributed by atoms with Gasteiger partial charge in [-0.3, -0.25) is 0 Å². The molecule has 1 heterocycles. The highest BCUT2D eigenvalue weighted by Crippen LogP contribution is 2.38. The summed E-state index contributed by atoms with van der Waals surface area (Å²) in [5.74, 6) is -0.548. The monoisotopic (exact) mass is 399 g/mol. The molecule has 0 aliphatic carbocycles. The zero-order valence-corrected chi connectivity index (χ0v) is 14.9. The van der Waals surface area contributed by atoms with Crippen molar-refractivity contribution < 1.29 is 40.6 Å².